The SMILES string of the molecule is CCCOCC(=O)N[C@@H](CC)C(=O)O. The van der Waals surface area contributed by atoms with Crippen LogP contribution >= 0.6 is 0 Å². The summed E-state index contributed by atoms with van der Waals surface area (Å²) in [6.45, 7) is 4.07. The van der Waals surface area contributed by atoms with Crippen LogP contribution in [-0.2, 0) is 14.3 Å². The molecular weight excluding hydrogens is 186 g/mol. The third-order valence-corrected chi connectivity index (χ3v) is 1.62. The lowest BCUT2D eigenvalue weighted by atomic mass is 10.2. The number of aliphatic carboxylic acids is 1. The van der Waals surface area contributed by atoms with Crippen LogP contribution in [0.1, 0.15) is 26.7 Å². The lowest BCUT2D eigenvalue weighted by Gasteiger charge is -2.11. The van der Waals surface area contributed by atoms with E-state index in [2.05, 4.69) is 5.32 Å². The quantitative estimate of drug-likeness (QED) is 0.587. The fourth-order valence-corrected chi connectivity index (χ4v) is 0.884. The van der Waals surface area contributed by atoms with Gasteiger partial charge in [0.05, 0.1) is 0 Å². The Morgan fingerprint density at radius 2 is 2.07 bits per heavy atom. The molecule has 0 saturated carbocycles. The van der Waals surface area contributed by atoms with Crippen molar-refractivity contribution in [3.63, 3.8) is 0 Å². The maximum absolute atomic E-state index is 11.1. The lowest BCUT2D eigenvalue weighted by molar-refractivity contribution is -0.142. The zero-order chi connectivity index (χ0) is 11.0. The third-order valence-electron chi connectivity index (χ3n) is 1.62. The number of hydrogen-bond donors (Lipinski definition) is 2. The maximum atomic E-state index is 11.1. The van der Waals surface area contributed by atoms with Crippen LogP contribution in [0.3, 0.4) is 0 Å². The first-order valence-electron chi connectivity index (χ1n) is 4.71. The van der Waals surface area contributed by atoms with E-state index in [0.717, 1.165) is 6.42 Å². The molecule has 5 nitrogen and oxygen atoms in total. The molecule has 5 heteroatoms. The van der Waals surface area contributed by atoms with E-state index in [1.807, 2.05) is 6.92 Å². The Kier molecular flexibility index (Phi) is 6.74. The van der Waals surface area contributed by atoms with Crippen LogP contribution in [0.5, 0.6) is 0 Å². The fraction of sp³-hybridized carbons (Fsp3) is 0.778. The van der Waals surface area contributed by atoms with E-state index >= 15 is 0 Å². The van der Waals surface area contributed by atoms with Crippen molar-refractivity contribution in [1.82, 2.24) is 5.32 Å². The Bertz CT molecular complexity index is 193. The highest BCUT2D eigenvalue weighted by Crippen LogP contribution is 1.91. The number of amides is 1. The van der Waals surface area contributed by atoms with Gasteiger partial charge in [0.25, 0.3) is 0 Å². The highest BCUT2D eigenvalue weighted by molar-refractivity contribution is 5.84. The molecule has 0 aromatic carbocycles. The minimum Gasteiger partial charge on any atom is -0.480 e. The van der Waals surface area contributed by atoms with E-state index in [0.29, 0.717) is 13.0 Å². The molecule has 0 aromatic rings. The second-order valence-corrected chi connectivity index (χ2v) is 2.92. The minimum atomic E-state index is -1.02. The van der Waals surface area contributed by atoms with Crippen LogP contribution in [-0.4, -0.2) is 36.2 Å². The molecule has 0 aliphatic rings. The topological polar surface area (TPSA) is 75.6 Å². The summed E-state index contributed by atoms with van der Waals surface area (Å²) in [5, 5.41) is 11.0. The Hall–Kier alpha value is -1.10. The van der Waals surface area contributed by atoms with Gasteiger partial charge in [-0.3, -0.25) is 4.79 Å². The molecule has 0 bridgehead atoms. The first-order chi connectivity index (χ1) is 6.61. The molecule has 82 valence electrons. The summed E-state index contributed by atoms with van der Waals surface area (Å²) >= 11 is 0. The van der Waals surface area contributed by atoms with E-state index in [1.165, 1.54) is 0 Å². The monoisotopic (exact) mass is 203 g/mol. The van der Waals surface area contributed by atoms with Gasteiger partial charge in [-0.25, -0.2) is 4.79 Å². The minimum absolute atomic E-state index is 0.0718. The van der Waals surface area contributed by atoms with Gasteiger partial charge in [0.1, 0.15) is 12.6 Å². The van der Waals surface area contributed by atoms with Gasteiger partial charge in [-0.2, -0.15) is 0 Å². The molecule has 0 fully saturated rings. The summed E-state index contributed by atoms with van der Waals surface area (Å²) in [6, 6.07) is -0.812. The van der Waals surface area contributed by atoms with Crippen molar-refractivity contribution in [3.8, 4) is 0 Å². The van der Waals surface area contributed by atoms with Crippen LogP contribution in [0.15, 0.2) is 0 Å². The second kappa shape index (κ2) is 7.32. The highest BCUT2D eigenvalue weighted by Gasteiger charge is 2.16. The van der Waals surface area contributed by atoms with Crippen LogP contribution in [0.4, 0.5) is 0 Å². The maximum Gasteiger partial charge on any atom is 0.326 e. The van der Waals surface area contributed by atoms with Crippen molar-refractivity contribution in [2.45, 2.75) is 32.7 Å². The molecule has 0 aliphatic carbocycles. The van der Waals surface area contributed by atoms with Gasteiger partial charge in [0.2, 0.25) is 5.91 Å². The van der Waals surface area contributed by atoms with Crippen molar-refractivity contribution < 1.29 is 19.4 Å². The van der Waals surface area contributed by atoms with Crippen LogP contribution in [0, 0.1) is 0 Å². The average molecular weight is 203 g/mol. The number of hydrogen-bond acceptors (Lipinski definition) is 3. The smallest absolute Gasteiger partial charge is 0.326 e. The normalized spacial score (nSPS) is 12.1. The van der Waals surface area contributed by atoms with Crippen molar-refractivity contribution in [3.05, 3.63) is 0 Å². The summed E-state index contributed by atoms with van der Waals surface area (Å²) in [7, 11) is 0. The summed E-state index contributed by atoms with van der Waals surface area (Å²) < 4.78 is 4.96. The van der Waals surface area contributed by atoms with Crippen molar-refractivity contribution in [2.75, 3.05) is 13.2 Å². The van der Waals surface area contributed by atoms with Crippen molar-refractivity contribution >= 4 is 11.9 Å². The molecule has 0 unspecified atom stereocenters. The zero-order valence-electron chi connectivity index (χ0n) is 8.58. The van der Waals surface area contributed by atoms with E-state index in [-0.39, 0.29) is 12.5 Å². The van der Waals surface area contributed by atoms with E-state index < -0.39 is 12.0 Å². The predicted octanol–water partition coefficient (Wildman–Crippen LogP) is 0.392. The predicted molar refractivity (Wildman–Crippen MR) is 51.0 cm³/mol. The van der Waals surface area contributed by atoms with Crippen LogP contribution < -0.4 is 5.32 Å². The van der Waals surface area contributed by atoms with Gasteiger partial charge >= 0.3 is 5.97 Å². The summed E-state index contributed by atoms with van der Waals surface area (Å²) in [5.41, 5.74) is 0. The Balaban J connectivity index is 3.74. The third kappa shape index (κ3) is 5.53. The van der Waals surface area contributed by atoms with Crippen molar-refractivity contribution in [2.24, 2.45) is 0 Å². The second-order valence-electron chi connectivity index (χ2n) is 2.92. The molecule has 0 saturated heterocycles. The van der Waals surface area contributed by atoms with E-state index in [9.17, 15) is 9.59 Å². The molecule has 0 aliphatic heterocycles. The van der Waals surface area contributed by atoms with Crippen molar-refractivity contribution in [1.29, 1.82) is 0 Å². The molecule has 14 heavy (non-hydrogen) atoms. The largest absolute Gasteiger partial charge is 0.480 e. The highest BCUT2D eigenvalue weighted by atomic mass is 16.5. The van der Waals surface area contributed by atoms with E-state index in [1.54, 1.807) is 6.92 Å². The Labute approximate surface area is 83.4 Å². The number of rotatable bonds is 7. The summed E-state index contributed by atoms with van der Waals surface area (Å²) in [5.74, 6) is -1.40. The lowest BCUT2D eigenvalue weighted by Crippen LogP contribution is -2.42. The molecule has 1 atom stereocenters. The van der Waals surface area contributed by atoms with Gasteiger partial charge in [0, 0.05) is 6.61 Å². The molecule has 2 N–H and O–H groups in total. The summed E-state index contributed by atoms with van der Waals surface area (Å²) in [6.07, 6.45) is 1.21. The first kappa shape index (κ1) is 12.9. The Morgan fingerprint density at radius 1 is 1.43 bits per heavy atom. The molecule has 0 rings (SSSR count). The number of nitrogens with one attached hydrogen (secondary N) is 1. The van der Waals surface area contributed by atoms with Crippen LogP contribution in [0.2, 0.25) is 0 Å². The number of carboxylic acids is 1. The zero-order valence-corrected chi connectivity index (χ0v) is 8.58. The molecular formula is C9H17NO4. The fourth-order valence-electron chi connectivity index (χ4n) is 0.884. The van der Waals surface area contributed by atoms with E-state index in [4.69, 9.17) is 9.84 Å². The molecule has 0 radical (unpaired) electrons. The average Bonchev–Trinajstić information content (AvgIpc) is 2.14. The number of carboxylic acid groups (broad SMARTS) is 1. The van der Waals surface area contributed by atoms with Crippen LogP contribution in [0.25, 0.3) is 0 Å². The molecule has 0 heterocycles. The van der Waals surface area contributed by atoms with Gasteiger partial charge in [-0.1, -0.05) is 13.8 Å². The molecule has 0 aromatic heterocycles. The van der Waals surface area contributed by atoms with Gasteiger partial charge in [-0.15, -0.1) is 0 Å². The first-order valence-corrected chi connectivity index (χ1v) is 4.71. The Morgan fingerprint density at radius 3 is 2.50 bits per heavy atom. The number of ether oxygens (including phenoxy) is 1. The number of carbonyl (C=O) groups is 2. The molecule has 0 spiro atoms. The van der Waals surface area contributed by atoms with Gasteiger partial charge in [0.15, 0.2) is 0 Å². The number of carbonyl (C=O) groups excluding carboxylic acids is 1. The summed E-state index contributed by atoms with van der Waals surface area (Å²) in [4.78, 5) is 21.6. The van der Waals surface area contributed by atoms with Gasteiger partial charge in [-0.05, 0) is 12.8 Å². The standard InChI is InChI=1S/C9H17NO4/c1-3-5-14-6-8(11)10-7(4-2)9(12)13/h7H,3-6H2,1-2H3,(H,10,11)(H,12,13)/t7-/m0/s1. The molecule has 1 amide bonds. The van der Waals surface area contributed by atoms with Gasteiger partial charge < -0.3 is 15.2 Å².